The highest BCUT2D eigenvalue weighted by atomic mass is 35.5. The van der Waals surface area contributed by atoms with Crippen LogP contribution in [0.4, 0.5) is 18.0 Å². The number of alkyl halides is 3. The van der Waals surface area contributed by atoms with Gasteiger partial charge in [-0.05, 0) is 55.3 Å². The Morgan fingerprint density at radius 3 is 2.43 bits per heavy atom. The van der Waals surface area contributed by atoms with E-state index in [-0.39, 0.29) is 12.3 Å². The van der Waals surface area contributed by atoms with Crippen LogP contribution in [-0.4, -0.2) is 22.9 Å². The van der Waals surface area contributed by atoms with Crippen molar-refractivity contribution < 1.29 is 32.2 Å². The second-order valence-corrected chi connectivity index (χ2v) is 9.29. The van der Waals surface area contributed by atoms with Crippen LogP contribution in [0.1, 0.15) is 23.7 Å². The largest absolute Gasteiger partial charge is 0.573 e. The number of ether oxygens (including phenoxy) is 2. The number of imide groups is 1. The predicted octanol–water partition coefficient (Wildman–Crippen LogP) is 6.70. The molecule has 1 N–H and O–H groups in total. The third kappa shape index (κ3) is 4.62. The van der Waals surface area contributed by atoms with Crippen LogP contribution in [-0.2, 0) is 21.7 Å². The number of carbonyl (C=O) groups excluding carboxylic acids is 2. The van der Waals surface area contributed by atoms with Gasteiger partial charge in [-0.2, -0.15) is 0 Å². The zero-order valence-electron chi connectivity index (χ0n) is 19.7. The number of alkyl carbamates (subject to hydrolysis) is 1. The topological polar surface area (TPSA) is 69.6 Å². The van der Waals surface area contributed by atoms with Crippen LogP contribution >= 0.6 is 11.6 Å². The lowest BCUT2D eigenvalue weighted by Gasteiger charge is -2.20. The number of nitrogens with one attached hydrogen (secondary N) is 1. The molecule has 0 aliphatic carbocycles. The number of aromatic nitrogens is 1. The molecule has 0 bridgehead atoms. The molecule has 37 heavy (non-hydrogen) atoms. The maximum Gasteiger partial charge on any atom is 0.573 e. The standard InChI is InChI=1S/C27H20ClF3N2O4/c1-15-23(17-6-8-19(28)9-7-17)21-11-10-20(36-27(29,30)31)13-22(21)33(15)14-16-4-3-5-18(12-16)26(2)24(34)32-25(35)37-26/h3-13H,14H2,1-2H3,(H,32,34,35)/t26-/m0/s1. The molecule has 10 heteroatoms. The Morgan fingerprint density at radius 2 is 1.78 bits per heavy atom. The molecule has 1 saturated heterocycles. The summed E-state index contributed by atoms with van der Waals surface area (Å²) in [6.07, 6.45) is -5.66. The van der Waals surface area contributed by atoms with Gasteiger partial charge in [0.05, 0.1) is 5.52 Å². The minimum Gasteiger partial charge on any atom is -0.428 e. The molecule has 2 heterocycles. The molecule has 190 valence electrons. The fourth-order valence-corrected chi connectivity index (χ4v) is 4.77. The van der Waals surface area contributed by atoms with Crippen molar-refractivity contribution in [3.05, 3.63) is 88.6 Å². The summed E-state index contributed by atoms with van der Waals surface area (Å²) in [5, 5.41) is 3.44. The van der Waals surface area contributed by atoms with Crippen molar-refractivity contribution >= 4 is 34.5 Å². The van der Waals surface area contributed by atoms with Gasteiger partial charge in [-0.15, -0.1) is 13.2 Å². The summed E-state index contributed by atoms with van der Waals surface area (Å²) in [6, 6.07) is 18.4. The highest BCUT2D eigenvalue weighted by Crippen LogP contribution is 2.38. The molecule has 0 unspecified atom stereocenters. The Labute approximate surface area is 214 Å². The van der Waals surface area contributed by atoms with E-state index in [9.17, 15) is 22.8 Å². The molecular formula is C27H20ClF3N2O4. The Hall–Kier alpha value is -3.98. The molecule has 1 aromatic heterocycles. The van der Waals surface area contributed by atoms with Crippen LogP contribution < -0.4 is 10.1 Å². The summed E-state index contributed by atoms with van der Waals surface area (Å²) < 4.78 is 50.2. The highest BCUT2D eigenvalue weighted by Gasteiger charge is 2.46. The molecule has 0 saturated carbocycles. The van der Waals surface area contributed by atoms with E-state index in [1.54, 1.807) is 36.4 Å². The third-order valence-electron chi connectivity index (χ3n) is 6.43. The first kappa shape index (κ1) is 24.7. The van der Waals surface area contributed by atoms with Crippen molar-refractivity contribution in [3.8, 4) is 16.9 Å². The molecule has 1 aliphatic heterocycles. The number of benzene rings is 3. The molecule has 4 aromatic rings. The van der Waals surface area contributed by atoms with Crippen molar-refractivity contribution in [1.82, 2.24) is 9.88 Å². The molecule has 1 atom stereocenters. The minimum absolute atomic E-state index is 0.269. The SMILES string of the molecule is Cc1c(-c2ccc(Cl)cc2)c2ccc(OC(F)(F)F)cc2n1Cc1cccc([C@]2(C)OC(=O)NC2=O)c1. The fourth-order valence-electron chi connectivity index (χ4n) is 4.65. The molecular weight excluding hydrogens is 509 g/mol. The second-order valence-electron chi connectivity index (χ2n) is 8.86. The first-order valence-electron chi connectivity index (χ1n) is 11.2. The van der Waals surface area contributed by atoms with Gasteiger partial charge in [0, 0.05) is 39.8 Å². The van der Waals surface area contributed by atoms with Gasteiger partial charge in [0.15, 0.2) is 0 Å². The number of hydrogen-bond acceptors (Lipinski definition) is 4. The first-order chi connectivity index (χ1) is 17.4. The Bertz CT molecular complexity index is 1550. The average Bonchev–Trinajstić information content (AvgIpc) is 3.25. The van der Waals surface area contributed by atoms with E-state index >= 15 is 0 Å². The van der Waals surface area contributed by atoms with Crippen LogP contribution in [0, 0.1) is 6.92 Å². The Balaban J connectivity index is 1.63. The first-order valence-corrected chi connectivity index (χ1v) is 11.6. The maximum atomic E-state index is 13.0. The van der Waals surface area contributed by atoms with Crippen LogP contribution in [0.2, 0.25) is 5.02 Å². The smallest absolute Gasteiger partial charge is 0.428 e. The molecule has 2 amide bonds. The number of halogens is 4. The summed E-state index contributed by atoms with van der Waals surface area (Å²) in [4.78, 5) is 24.0. The fraction of sp³-hybridized carbons (Fsp3) is 0.185. The van der Waals surface area contributed by atoms with Gasteiger partial charge in [-0.3, -0.25) is 10.1 Å². The van der Waals surface area contributed by atoms with E-state index in [2.05, 4.69) is 10.1 Å². The van der Waals surface area contributed by atoms with Gasteiger partial charge < -0.3 is 14.0 Å². The summed E-state index contributed by atoms with van der Waals surface area (Å²) in [5.74, 6) is -0.909. The quantitative estimate of drug-likeness (QED) is 0.313. The summed E-state index contributed by atoms with van der Waals surface area (Å²) >= 11 is 6.06. The highest BCUT2D eigenvalue weighted by molar-refractivity contribution is 6.30. The van der Waals surface area contributed by atoms with E-state index in [0.29, 0.717) is 16.1 Å². The van der Waals surface area contributed by atoms with E-state index < -0.39 is 24.0 Å². The molecule has 3 aromatic carbocycles. The molecule has 1 fully saturated rings. The number of hydrogen-bond donors (Lipinski definition) is 1. The molecule has 0 radical (unpaired) electrons. The van der Waals surface area contributed by atoms with Crippen molar-refractivity contribution in [3.63, 3.8) is 0 Å². The molecule has 6 nitrogen and oxygen atoms in total. The van der Waals surface area contributed by atoms with Gasteiger partial charge in [0.2, 0.25) is 5.60 Å². The van der Waals surface area contributed by atoms with Gasteiger partial charge in [-0.1, -0.05) is 41.9 Å². The predicted molar refractivity (Wildman–Crippen MR) is 131 cm³/mol. The lowest BCUT2D eigenvalue weighted by Crippen LogP contribution is -2.33. The van der Waals surface area contributed by atoms with E-state index in [0.717, 1.165) is 27.8 Å². The van der Waals surface area contributed by atoms with E-state index in [4.69, 9.17) is 16.3 Å². The Morgan fingerprint density at radius 1 is 1.05 bits per heavy atom. The number of carbonyl (C=O) groups is 2. The number of nitrogens with zero attached hydrogens (tertiary/aromatic N) is 1. The minimum atomic E-state index is -4.83. The second kappa shape index (κ2) is 8.85. The zero-order chi connectivity index (χ0) is 26.5. The van der Waals surface area contributed by atoms with Crippen LogP contribution in [0.5, 0.6) is 5.75 Å². The summed E-state index contributed by atoms with van der Waals surface area (Å²) in [5.41, 5.74) is 2.78. The monoisotopic (exact) mass is 528 g/mol. The summed E-state index contributed by atoms with van der Waals surface area (Å²) in [7, 11) is 0. The van der Waals surface area contributed by atoms with Crippen LogP contribution in [0.15, 0.2) is 66.7 Å². The number of cyclic esters (lactones) is 1. The summed E-state index contributed by atoms with van der Waals surface area (Å²) in [6.45, 7) is 3.65. The normalized spacial score (nSPS) is 17.7. The number of amides is 2. The maximum absolute atomic E-state index is 13.0. The van der Waals surface area contributed by atoms with Crippen molar-refractivity contribution in [1.29, 1.82) is 0 Å². The van der Waals surface area contributed by atoms with Gasteiger partial charge in [0.25, 0.3) is 5.91 Å². The lowest BCUT2D eigenvalue weighted by molar-refractivity contribution is -0.274. The van der Waals surface area contributed by atoms with Crippen LogP contribution in [0.3, 0.4) is 0 Å². The van der Waals surface area contributed by atoms with Crippen molar-refractivity contribution in [2.24, 2.45) is 0 Å². The van der Waals surface area contributed by atoms with Gasteiger partial charge in [-0.25, -0.2) is 4.79 Å². The van der Waals surface area contributed by atoms with Gasteiger partial charge in [0.1, 0.15) is 5.75 Å². The van der Waals surface area contributed by atoms with E-state index in [1.807, 2.05) is 29.7 Å². The Kier molecular flexibility index (Phi) is 5.91. The third-order valence-corrected chi connectivity index (χ3v) is 6.68. The van der Waals surface area contributed by atoms with E-state index in [1.165, 1.54) is 19.1 Å². The van der Waals surface area contributed by atoms with Crippen molar-refractivity contribution in [2.75, 3.05) is 0 Å². The molecule has 0 spiro atoms. The van der Waals surface area contributed by atoms with Crippen LogP contribution in [0.25, 0.3) is 22.0 Å². The lowest BCUT2D eigenvalue weighted by atomic mass is 9.94. The number of rotatable bonds is 5. The molecule has 5 rings (SSSR count). The average molecular weight is 529 g/mol. The van der Waals surface area contributed by atoms with Crippen molar-refractivity contribution in [2.45, 2.75) is 32.4 Å². The zero-order valence-corrected chi connectivity index (χ0v) is 20.4. The number of fused-ring (bicyclic) bond motifs is 1. The van der Waals surface area contributed by atoms with Gasteiger partial charge >= 0.3 is 12.5 Å². The molecule has 1 aliphatic rings.